The fourth-order valence-corrected chi connectivity index (χ4v) is 0.808. The van der Waals surface area contributed by atoms with Gasteiger partial charge in [0.1, 0.15) is 0 Å². The molecule has 1 aromatic rings. The molecule has 60 valence electrons. The lowest BCUT2D eigenvalue weighted by molar-refractivity contribution is 0.100. The molecule has 0 fully saturated rings. The predicted molar refractivity (Wildman–Crippen MR) is 42.7 cm³/mol. The maximum absolute atomic E-state index is 10.8. The molecular weight excluding hydrogens is 140 g/mol. The van der Waals surface area contributed by atoms with Gasteiger partial charge in [-0.15, -0.1) is 0 Å². The number of ketones is 1. The second-order valence-electron chi connectivity index (χ2n) is 2.90. The van der Waals surface area contributed by atoms with Crippen LogP contribution in [0.4, 0.5) is 0 Å². The highest BCUT2D eigenvalue weighted by molar-refractivity contribution is 5.90. The Labute approximate surface area is 65.8 Å². The molecule has 3 nitrogen and oxygen atoms in total. The minimum Gasteiger partial charge on any atom is -0.339 e. The minimum atomic E-state index is -0.0168. The predicted octanol–water partition coefficient (Wildman–Crippen LogP) is 1.74. The Balaban J connectivity index is 2.90. The lowest BCUT2D eigenvalue weighted by Crippen LogP contribution is -1.95. The van der Waals surface area contributed by atoms with Crippen LogP contribution in [0.15, 0.2) is 6.20 Å². The SMILES string of the molecule is CC(=O)c1ncc(C(C)C)[nH]1. The summed E-state index contributed by atoms with van der Waals surface area (Å²) >= 11 is 0. The van der Waals surface area contributed by atoms with Crippen molar-refractivity contribution >= 4 is 5.78 Å². The topological polar surface area (TPSA) is 45.8 Å². The van der Waals surface area contributed by atoms with Crippen LogP contribution in [0.5, 0.6) is 0 Å². The van der Waals surface area contributed by atoms with Crippen molar-refractivity contribution in [3.8, 4) is 0 Å². The zero-order valence-electron chi connectivity index (χ0n) is 7.01. The van der Waals surface area contributed by atoms with Crippen molar-refractivity contribution in [1.82, 2.24) is 9.97 Å². The average Bonchev–Trinajstić information content (AvgIpc) is 2.33. The lowest BCUT2D eigenvalue weighted by Gasteiger charge is -1.97. The fourth-order valence-electron chi connectivity index (χ4n) is 0.808. The van der Waals surface area contributed by atoms with Gasteiger partial charge >= 0.3 is 0 Å². The Bertz CT molecular complexity index is 263. The van der Waals surface area contributed by atoms with Crippen molar-refractivity contribution in [3.05, 3.63) is 17.7 Å². The summed E-state index contributed by atoms with van der Waals surface area (Å²) in [4.78, 5) is 17.7. The van der Waals surface area contributed by atoms with Gasteiger partial charge in [-0.3, -0.25) is 4.79 Å². The third-order valence-electron chi connectivity index (χ3n) is 1.55. The van der Waals surface area contributed by atoms with Crippen molar-refractivity contribution in [1.29, 1.82) is 0 Å². The van der Waals surface area contributed by atoms with E-state index in [1.54, 1.807) is 6.20 Å². The van der Waals surface area contributed by atoms with Crippen LogP contribution in [0, 0.1) is 0 Å². The molecule has 1 rings (SSSR count). The minimum absolute atomic E-state index is 0.0168. The third-order valence-corrected chi connectivity index (χ3v) is 1.55. The van der Waals surface area contributed by atoms with E-state index in [4.69, 9.17) is 0 Å². The molecule has 0 atom stereocenters. The van der Waals surface area contributed by atoms with Crippen molar-refractivity contribution in [2.45, 2.75) is 26.7 Å². The average molecular weight is 152 g/mol. The molecule has 3 heteroatoms. The Hall–Kier alpha value is -1.12. The highest BCUT2D eigenvalue weighted by Crippen LogP contribution is 2.10. The van der Waals surface area contributed by atoms with Crippen LogP contribution in [-0.4, -0.2) is 15.8 Å². The number of H-pyrrole nitrogens is 1. The van der Waals surface area contributed by atoms with Gasteiger partial charge in [0.15, 0.2) is 11.6 Å². The molecule has 0 aliphatic heterocycles. The van der Waals surface area contributed by atoms with Gasteiger partial charge in [0.05, 0.1) is 0 Å². The first-order chi connectivity index (χ1) is 5.11. The number of aromatic nitrogens is 2. The number of Topliss-reactive ketones (excluding diaryl/α,β-unsaturated/α-hetero) is 1. The van der Waals surface area contributed by atoms with Crippen LogP contribution in [0.2, 0.25) is 0 Å². The number of hydrogen-bond donors (Lipinski definition) is 1. The molecule has 1 heterocycles. The largest absolute Gasteiger partial charge is 0.339 e. The van der Waals surface area contributed by atoms with E-state index in [2.05, 4.69) is 23.8 Å². The van der Waals surface area contributed by atoms with E-state index in [0.717, 1.165) is 5.69 Å². The van der Waals surface area contributed by atoms with Crippen LogP contribution in [-0.2, 0) is 0 Å². The molecule has 0 aliphatic rings. The third kappa shape index (κ3) is 1.67. The molecule has 0 saturated carbocycles. The molecule has 0 spiro atoms. The van der Waals surface area contributed by atoms with Gasteiger partial charge < -0.3 is 4.98 Å². The number of nitrogens with zero attached hydrogens (tertiary/aromatic N) is 1. The fraction of sp³-hybridized carbons (Fsp3) is 0.500. The van der Waals surface area contributed by atoms with E-state index < -0.39 is 0 Å². The molecule has 0 aromatic carbocycles. The molecule has 1 N–H and O–H groups in total. The summed E-state index contributed by atoms with van der Waals surface area (Å²) in [6, 6.07) is 0. The van der Waals surface area contributed by atoms with Gasteiger partial charge in [-0.05, 0) is 5.92 Å². The number of rotatable bonds is 2. The van der Waals surface area contributed by atoms with E-state index in [1.807, 2.05) is 0 Å². The Morgan fingerprint density at radius 2 is 2.27 bits per heavy atom. The van der Waals surface area contributed by atoms with Crippen molar-refractivity contribution in [2.75, 3.05) is 0 Å². The maximum atomic E-state index is 10.8. The maximum Gasteiger partial charge on any atom is 0.194 e. The molecular formula is C8H12N2O. The highest BCUT2D eigenvalue weighted by atomic mass is 16.1. The van der Waals surface area contributed by atoms with Crippen molar-refractivity contribution < 1.29 is 4.79 Å². The van der Waals surface area contributed by atoms with Crippen LogP contribution >= 0.6 is 0 Å². The van der Waals surface area contributed by atoms with Gasteiger partial charge in [-0.25, -0.2) is 4.98 Å². The quantitative estimate of drug-likeness (QED) is 0.656. The number of aromatic amines is 1. The van der Waals surface area contributed by atoms with E-state index in [-0.39, 0.29) is 5.78 Å². The van der Waals surface area contributed by atoms with E-state index in [9.17, 15) is 4.79 Å². The van der Waals surface area contributed by atoms with Crippen LogP contribution in [0.3, 0.4) is 0 Å². The zero-order chi connectivity index (χ0) is 8.43. The normalized spacial score (nSPS) is 10.5. The molecule has 1 aromatic heterocycles. The van der Waals surface area contributed by atoms with Gasteiger partial charge in [0.2, 0.25) is 0 Å². The summed E-state index contributed by atoms with van der Waals surface area (Å²) in [5, 5.41) is 0. The standard InChI is InChI=1S/C8H12N2O/c1-5(2)7-4-9-8(10-7)6(3)11/h4-5H,1-3H3,(H,9,10). The second-order valence-corrected chi connectivity index (χ2v) is 2.90. The number of carbonyl (C=O) groups excluding carboxylic acids is 1. The lowest BCUT2D eigenvalue weighted by atomic mass is 10.2. The molecule has 0 bridgehead atoms. The molecule has 0 aliphatic carbocycles. The van der Waals surface area contributed by atoms with E-state index >= 15 is 0 Å². The van der Waals surface area contributed by atoms with Gasteiger partial charge in [-0.1, -0.05) is 13.8 Å². The smallest absolute Gasteiger partial charge is 0.194 e. The number of hydrogen-bond acceptors (Lipinski definition) is 2. The molecule has 11 heavy (non-hydrogen) atoms. The molecule has 0 unspecified atom stereocenters. The Kier molecular flexibility index (Phi) is 2.08. The summed E-state index contributed by atoms with van der Waals surface area (Å²) in [7, 11) is 0. The molecule has 0 radical (unpaired) electrons. The summed E-state index contributed by atoms with van der Waals surface area (Å²) in [5.41, 5.74) is 1.01. The van der Waals surface area contributed by atoms with E-state index in [1.165, 1.54) is 6.92 Å². The molecule has 0 saturated heterocycles. The summed E-state index contributed by atoms with van der Waals surface area (Å²) in [5.74, 6) is 0.834. The first-order valence-corrected chi connectivity index (χ1v) is 3.67. The van der Waals surface area contributed by atoms with Crippen LogP contribution < -0.4 is 0 Å². The van der Waals surface area contributed by atoms with Gasteiger partial charge in [-0.2, -0.15) is 0 Å². The molecule has 0 amide bonds. The monoisotopic (exact) mass is 152 g/mol. The van der Waals surface area contributed by atoms with Gasteiger partial charge in [0, 0.05) is 18.8 Å². The van der Waals surface area contributed by atoms with Crippen molar-refractivity contribution in [2.24, 2.45) is 0 Å². The number of nitrogens with one attached hydrogen (secondary N) is 1. The first-order valence-electron chi connectivity index (χ1n) is 3.67. The summed E-state index contributed by atoms with van der Waals surface area (Å²) in [6.45, 7) is 5.61. The zero-order valence-corrected chi connectivity index (χ0v) is 7.01. The van der Waals surface area contributed by atoms with Crippen LogP contribution in [0.25, 0.3) is 0 Å². The van der Waals surface area contributed by atoms with Crippen molar-refractivity contribution in [3.63, 3.8) is 0 Å². The highest BCUT2D eigenvalue weighted by Gasteiger charge is 2.06. The number of carbonyl (C=O) groups is 1. The Morgan fingerprint density at radius 3 is 2.55 bits per heavy atom. The summed E-state index contributed by atoms with van der Waals surface area (Å²) in [6.07, 6.45) is 1.71. The first kappa shape index (κ1) is 7.98. The van der Waals surface area contributed by atoms with E-state index in [0.29, 0.717) is 11.7 Å². The van der Waals surface area contributed by atoms with Crippen LogP contribution in [0.1, 0.15) is 43.0 Å². The Morgan fingerprint density at radius 1 is 1.64 bits per heavy atom. The summed E-state index contributed by atoms with van der Waals surface area (Å²) < 4.78 is 0. The van der Waals surface area contributed by atoms with Gasteiger partial charge in [0.25, 0.3) is 0 Å². The number of imidazole rings is 1. The second kappa shape index (κ2) is 2.86.